The van der Waals surface area contributed by atoms with Gasteiger partial charge in [0.2, 0.25) is 0 Å². The van der Waals surface area contributed by atoms with E-state index in [0.717, 1.165) is 12.2 Å². The van der Waals surface area contributed by atoms with Crippen LogP contribution in [0.5, 0.6) is 0 Å². The van der Waals surface area contributed by atoms with E-state index >= 15 is 0 Å². The van der Waals surface area contributed by atoms with Crippen LogP contribution >= 0.6 is 11.9 Å². The minimum absolute atomic E-state index is 0.0766. The van der Waals surface area contributed by atoms with E-state index in [1.165, 1.54) is 28.9 Å². The van der Waals surface area contributed by atoms with Crippen LogP contribution in [-0.2, 0) is 7.05 Å². The van der Waals surface area contributed by atoms with Gasteiger partial charge in [-0.05, 0) is 43.2 Å². The molecule has 0 spiro atoms. The third kappa shape index (κ3) is 3.66. The molecule has 1 aromatic heterocycles. The van der Waals surface area contributed by atoms with E-state index < -0.39 is 5.82 Å². The summed E-state index contributed by atoms with van der Waals surface area (Å²) in [7, 11) is 1.63. The van der Waals surface area contributed by atoms with Crippen LogP contribution in [0.2, 0.25) is 0 Å². The van der Waals surface area contributed by atoms with Crippen LogP contribution < -0.4 is 15.6 Å². The van der Waals surface area contributed by atoms with Gasteiger partial charge >= 0.3 is 0 Å². The van der Waals surface area contributed by atoms with E-state index in [0.29, 0.717) is 27.8 Å². The fourth-order valence-electron chi connectivity index (χ4n) is 2.85. The molecular formula is C20H20FN5OS. The number of nitrogens with one attached hydrogen (secondary N) is 2. The highest BCUT2D eigenvalue weighted by atomic mass is 32.2. The first-order chi connectivity index (χ1) is 13.5. The molecule has 0 aliphatic heterocycles. The Balaban J connectivity index is 2.08. The van der Waals surface area contributed by atoms with Crippen molar-refractivity contribution in [2.24, 2.45) is 7.05 Å². The van der Waals surface area contributed by atoms with Gasteiger partial charge in [0, 0.05) is 18.5 Å². The van der Waals surface area contributed by atoms with Crippen molar-refractivity contribution >= 4 is 39.9 Å². The highest BCUT2D eigenvalue weighted by molar-refractivity contribution is 8.00. The Labute approximate surface area is 166 Å². The van der Waals surface area contributed by atoms with Crippen LogP contribution in [0.25, 0.3) is 10.9 Å². The zero-order chi connectivity index (χ0) is 20.3. The molecule has 0 unspecified atom stereocenters. The molecular weight excluding hydrogens is 377 g/mol. The molecule has 2 N–H and O–H groups in total. The van der Waals surface area contributed by atoms with Crippen LogP contribution in [-0.4, -0.2) is 15.3 Å². The third-order valence-corrected chi connectivity index (χ3v) is 5.34. The molecule has 6 nitrogen and oxygen atoms in total. The van der Waals surface area contributed by atoms with Gasteiger partial charge in [0.1, 0.15) is 17.4 Å². The Morgan fingerprint density at radius 1 is 1.29 bits per heavy atom. The second kappa shape index (κ2) is 8.31. The Hall–Kier alpha value is -3.05. The standard InChI is InChI=1S/C20H20FN5OS/c1-4-9-28-25-16-6-5-14(21)19(13(16)10-22)24-15-7-8-17-18(12(15)2)20(27)26(3)11-23-17/h5-8,11,24-25H,4,9H2,1-3H3. The lowest BCUT2D eigenvalue weighted by Gasteiger charge is -2.16. The molecule has 0 atom stereocenters. The summed E-state index contributed by atoms with van der Waals surface area (Å²) in [5.41, 5.74) is 2.38. The van der Waals surface area contributed by atoms with Crippen LogP contribution in [0.1, 0.15) is 24.5 Å². The number of hydrogen-bond acceptors (Lipinski definition) is 6. The predicted molar refractivity (Wildman–Crippen MR) is 112 cm³/mol. The number of benzene rings is 2. The van der Waals surface area contributed by atoms with Crippen molar-refractivity contribution in [3.05, 3.63) is 57.9 Å². The molecule has 1 heterocycles. The van der Waals surface area contributed by atoms with E-state index in [9.17, 15) is 14.4 Å². The summed E-state index contributed by atoms with van der Waals surface area (Å²) >= 11 is 1.46. The largest absolute Gasteiger partial charge is 0.352 e. The summed E-state index contributed by atoms with van der Waals surface area (Å²) in [5, 5.41) is 13.1. The first kappa shape index (κ1) is 19.7. The van der Waals surface area contributed by atoms with Gasteiger partial charge < -0.3 is 14.6 Å². The summed E-state index contributed by atoms with van der Waals surface area (Å²) in [6.07, 6.45) is 2.44. The summed E-state index contributed by atoms with van der Waals surface area (Å²) in [6, 6.07) is 8.37. The SMILES string of the molecule is CCCSNc1ccc(F)c(Nc2ccc3ncn(C)c(=O)c3c2C)c1C#N. The number of fused-ring (bicyclic) bond motifs is 1. The van der Waals surface area contributed by atoms with E-state index in [4.69, 9.17) is 0 Å². The molecule has 0 aliphatic rings. The van der Waals surface area contributed by atoms with Crippen LogP contribution in [0.4, 0.5) is 21.5 Å². The lowest BCUT2D eigenvalue weighted by atomic mass is 10.1. The number of halogens is 1. The van der Waals surface area contributed by atoms with Crippen molar-refractivity contribution in [2.75, 3.05) is 15.8 Å². The van der Waals surface area contributed by atoms with Gasteiger partial charge in [-0.15, -0.1) is 0 Å². The van der Waals surface area contributed by atoms with Gasteiger partial charge in [0.05, 0.1) is 28.6 Å². The minimum Gasteiger partial charge on any atom is -0.352 e. The average molecular weight is 397 g/mol. The summed E-state index contributed by atoms with van der Waals surface area (Å²) in [4.78, 5) is 16.8. The molecule has 2 aromatic carbocycles. The number of anilines is 3. The molecule has 0 saturated carbocycles. The number of hydrogen-bond donors (Lipinski definition) is 2. The maximum absolute atomic E-state index is 14.6. The van der Waals surface area contributed by atoms with E-state index in [2.05, 4.69) is 28.0 Å². The number of aryl methyl sites for hydroxylation is 2. The smallest absolute Gasteiger partial charge is 0.261 e. The molecule has 144 valence electrons. The fraction of sp³-hybridized carbons (Fsp3) is 0.250. The lowest BCUT2D eigenvalue weighted by molar-refractivity contribution is 0.631. The molecule has 0 saturated heterocycles. The van der Waals surface area contributed by atoms with E-state index in [1.54, 1.807) is 32.2 Å². The minimum atomic E-state index is -0.541. The Morgan fingerprint density at radius 2 is 2.04 bits per heavy atom. The second-order valence-electron chi connectivity index (χ2n) is 6.33. The summed E-state index contributed by atoms with van der Waals surface area (Å²) in [6.45, 7) is 3.83. The maximum atomic E-state index is 14.6. The molecule has 0 bridgehead atoms. The van der Waals surface area contributed by atoms with Crippen molar-refractivity contribution < 1.29 is 4.39 Å². The van der Waals surface area contributed by atoms with E-state index in [1.807, 2.05) is 0 Å². The van der Waals surface area contributed by atoms with Gasteiger partial charge in [-0.3, -0.25) is 4.79 Å². The van der Waals surface area contributed by atoms with Crippen LogP contribution in [0.3, 0.4) is 0 Å². The molecule has 28 heavy (non-hydrogen) atoms. The summed E-state index contributed by atoms with van der Waals surface area (Å²) in [5.74, 6) is 0.326. The first-order valence-corrected chi connectivity index (χ1v) is 9.78. The zero-order valence-electron chi connectivity index (χ0n) is 15.8. The fourth-order valence-corrected chi connectivity index (χ4v) is 3.49. The molecule has 0 aliphatic carbocycles. The van der Waals surface area contributed by atoms with Crippen molar-refractivity contribution in [3.63, 3.8) is 0 Å². The highest BCUT2D eigenvalue weighted by Gasteiger charge is 2.16. The summed E-state index contributed by atoms with van der Waals surface area (Å²) < 4.78 is 19.1. The van der Waals surface area contributed by atoms with E-state index in [-0.39, 0.29) is 16.8 Å². The van der Waals surface area contributed by atoms with Crippen LogP contribution in [0.15, 0.2) is 35.4 Å². The quantitative estimate of drug-likeness (QED) is 0.472. The van der Waals surface area contributed by atoms with Gasteiger partial charge in [-0.25, -0.2) is 9.37 Å². The Bertz CT molecular complexity index is 1140. The van der Waals surface area contributed by atoms with Crippen LogP contribution in [0, 0.1) is 24.1 Å². The zero-order valence-corrected chi connectivity index (χ0v) is 16.7. The second-order valence-corrected chi connectivity index (χ2v) is 7.23. The predicted octanol–water partition coefficient (Wildman–Crippen LogP) is 4.47. The first-order valence-electron chi connectivity index (χ1n) is 8.80. The monoisotopic (exact) mass is 397 g/mol. The lowest BCUT2D eigenvalue weighted by Crippen LogP contribution is -2.18. The number of aromatic nitrogens is 2. The van der Waals surface area contributed by atoms with Gasteiger partial charge in [-0.1, -0.05) is 18.9 Å². The maximum Gasteiger partial charge on any atom is 0.261 e. The molecule has 3 aromatic rings. The molecule has 3 rings (SSSR count). The van der Waals surface area contributed by atoms with Gasteiger partial charge in [0.15, 0.2) is 0 Å². The van der Waals surface area contributed by atoms with Crippen molar-refractivity contribution in [1.82, 2.24) is 9.55 Å². The van der Waals surface area contributed by atoms with Crippen molar-refractivity contribution in [2.45, 2.75) is 20.3 Å². The topological polar surface area (TPSA) is 82.7 Å². The van der Waals surface area contributed by atoms with Gasteiger partial charge in [0.25, 0.3) is 5.56 Å². The molecule has 8 heteroatoms. The average Bonchev–Trinajstić information content (AvgIpc) is 2.69. The highest BCUT2D eigenvalue weighted by Crippen LogP contribution is 2.33. The van der Waals surface area contributed by atoms with Crippen molar-refractivity contribution in [1.29, 1.82) is 5.26 Å². The Kier molecular flexibility index (Phi) is 5.85. The number of nitrogens with zero attached hydrogens (tertiary/aromatic N) is 3. The number of rotatable bonds is 6. The normalized spacial score (nSPS) is 10.7. The molecule has 0 fully saturated rings. The molecule has 0 radical (unpaired) electrons. The number of nitriles is 1. The van der Waals surface area contributed by atoms with Crippen molar-refractivity contribution in [3.8, 4) is 6.07 Å². The molecule has 0 amide bonds. The third-order valence-electron chi connectivity index (χ3n) is 4.36. The van der Waals surface area contributed by atoms with Gasteiger partial charge in [-0.2, -0.15) is 5.26 Å². The Morgan fingerprint density at radius 3 is 2.75 bits per heavy atom.